The molecule has 1 aliphatic rings. The van der Waals surface area contributed by atoms with Gasteiger partial charge in [0.25, 0.3) is 0 Å². The normalized spacial score (nSPS) is 13.3. The molecule has 0 bridgehead atoms. The number of imidazole rings is 1. The maximum Gasteiger partial charge on any atom is 0.123 e. The molecule has 6 heteroatoms. The van der Waals surface area contributed by atoms with E-state index in [1.807, 2.05) is 78.9 Å². The minimum absolute atomic E-state index is 0. The average molecular weight is 860 g/mol. The van der Waals surface area contributed by atoms with E-state index in [0.29, 0.717) is 0 Å². The van der Waals surface area contributed by atoms with Crippen LogP contribution in [0.1, 0.15) is 31.2 Å². The van der Waals surface area contributed by atoms with Gasteiger partial charge in [0.1, 0.15) is 5.58 Å². The van der Waals surface area contributed by atoms with Gasteiger partial charge in [0.05, 0.1) is 30.5 Å². The number of furan rings is 1. The molecule has 3 heterocycles. The number of rotatable bonds is 6. The minimum atomic E-state index is -1.35. The maximum atomic E-state index is 6.08. The Morgan fingerprint density at radius 3 is 2.29 bits per heavy atom. The van der Waals surface area contributed by atoms with Crippen LogP contribution >= 0.6 is 0 Å². The summed E-state index contributed by atoms with van der Waals surface area (Å²) in [4.78, 5) is 9.66. The van der Waals surface area contributed by atoms with Crippen LogP contribution in [0.25, 0.3) is 61.3 Å². The molecule has 1 radical (unpaired) electrons. The van der Waals surface area contributed by atoms with E-state index in [4.69, 9.17) is 14.4 Å². The first-order valence-corrected chi connectivity index (χ1v) is 21.2. The summed E-state index contributed by atoms with van der Waals surface area (Å²) in [5.41, 5.74) is 9.49. The fraction of sp³-hybridized carbons (Fsp3) is 0.200. The smallest absolute Gasteiger partial charge is 0.123 e. The first-order valence-electron chi connectivity index (χ1n) is 17.7. The Hall–Kier alpha value is -4.61. The topological polar surface area (TPSA) is 43.9 Å². The van der Waals surface area contributed by atoms with E-state index in [1.54, 1.807) is 10.8 Å². The molecular formula is C45H41IrN3OSi-2. The van der Waals surface area contributed by atoms with Crippen molar-refractivity contribution in [2.24, 2.45) is 5.92 Å². The van der Waals surface area contributed by atoms with Crippen molar-refractivity contribution in [1.82, 2.24) is 14.5 Å². The van der Waals surface area contributed by atoms with Gasteiger partial charge >= 0.3 is 0 Å². The van der Waals surface area contributed by atoms with E-state index in [2.05, 4.69) is 85.0 Å². The monoisotopic (exact) mass is 860 g/mol. The van der Waals surface area contributed by atoms with Crippen molar-refractivity contribution < 1.29 is 24.5 Å². The van der Waals surface area contributed by atoms with Gasteiger partial charge in [-0.25, -0.2) is 0 Å². The van der Waals surface area contributed by atoms with Gasteiger partial charge in [-0.15, -0.1) is 53.6 Å². The van der Waals surface area contributed by atoms with E-state index in [-0.39, 0.29) is 20.1 Å². The fourth-order valence-electron chi connectivity index (χ4n) is 7.40. The summed E-state index contributed by atoms with van der Waals surface area (Å²) in [7, 11) is -1.35. The molecule has 0 spiro atoms. The standard InChI is InChI=1S/C25H15N2O.C20H26NSi.Ir/c1-2-8-18(9-3-1)27-22-12-6-5-11-21(22)26-25(27)17-14-15-20-19-10-4-7-13-23(19)28-24(20)16-17;1-22(2,3)20-15-21-19(17-11-5-4-6-12-17)14-18(20)13-16-9-7-8-10-16;/h1-13,15-16H;4-6,11,14-16H,7-10,13H2,1-3H3;/q2*-1;. The van der Waals surface area contributed by atoms with Gasteiger partial charge in [0, 0.05) is 32.0 Å². The Kier molecular flexibility index (Phi) is 10.2. The summed E-state index contributed by atoms with van der Waals surface area (Å²) in [5, 5.41) is 3.72. The molecule has 0 unspecified atom stereocenters. The molecule has 0 saturated heterocycles. The summed E-state index contributed by atoms with van der Waals surface area (Å²) >= 11 is 0. The molecule has 0 amide bonds. The molecule has 5 aromatic carbocycles. The summed E-state index contributed by atoms with van der Waals surface area (Å²) in [6.45, 7) is 7.28. The fourth-order valence-corrected chi connectivity index (χ4v) is 8.99. The minimum Gasteiger partial charge on any atom is -0.476 e. The molecule has 0 atom stereocenters. The first kappa shape index (κ1) is 34.8. The molecule has 3 aromatic heterocycles. The second kappa shape index (κ2) is 14.9. The summed E-state index contributed by atoms with van der Waals surface area (Å²) < 4.78 is 8.25. The molecule has 1 aliphatic carbocycles. The molecule has 0 N–H and O–H groups in total. The Bertz CT molecular complexity index is 2400. The van der Waals surface area contributed by atoms with E-state index in [0.717, 1.165) is 67.2 Å². The predicted octanol–water partition coefficient (Wildman–Crippen LogP) is 11.2. The molecular weight excluding hydrogens is 819 g/mol. The first-order chi connectivity index (χ1) is 24.4. The zero-order valence-electron chi connectivity index (χ0n) is 29.3. The van der Waals surface area contributed by atoms with E-state index >= 15 is 0 Å². The second-order valence-electron chi connectivity index (χ2n) is 14.4. The summed E-state index contributed by atoms with van der Waals surface area (Å²) in [6.07, 6.45) is 9.03. The van der Waals surface area contributed by atoms with E-state index < -0.39 is 8.07 Å². The zero-order chi connectivity index (χ0) is 34.1. The number of nitrogens with zero attached hydrogens (tertiary/aromatic N) is 3. The third-order valence-corrected chi connectivity index (χ3v) is 12.0. The molecule has 1 saturated carbocycles. The van der Waals surface area contributed by atoms with Gasteiger partial charge in [-0.2, -0.15) is 0 Å². The summed E-state index contributed by atoms with van der Waals surface area (Å²) in [6, 6.07) is 47.9. The van der Waals surface area contributed by atoms with E-state index in [9.17, 15) is 0 Å². The molecule has 4 nitrogen and oxygen atoms in total. The van der Waals surface area contributed by atoms with Gasteiger partial charge in [-0.3, -0.25) is 4.98 Å². The van der Waals surface area contributed by atoms with Crippen molar-refractivity contribution >= 4 is 46.2 Å². The SMILES string of the molecule is C[Si](C)(C)c1cnc(-c2[c-]cccc2)cc1CC1CCCC1.[Ir].[c-]1cc2c(cc1-c1nc3ccccc3n1-c1ccccc1)oc1ccccc12. The molecule has 8 aromatic rings. The van der Waals surface area contributed by atoms with E-state index in [1.165, 1.54) is 32.1 Å². The van der Waals surface area contributed by atoms with Crippen molar-refractivity contribution in [3.05, 3.63) is 145 Å². The van der Waals surface area contributed by atoms with Crippen LogP contribution in [0, 0.1) is 18.1 Å². The van der Waals surface area contributed by atoms with Crippen LogP contribution in [-0.2, 0) is 26.5 Å². The molecule has 9 rings (SSSR count). The van der Waals surface area contributed by atoms with Gasteiger partial charge in [-0.05, 0) is 58.9 Å². The molecule has 0 aliphatic heterocycles. The van der Waals surface area contributed by atoms with Gasteiger partial charge in [0.15, 0.2) is 0 Å². The average Bonchev–Trinajstić information content (AvgIpc) is 3.89. The number of pyridine rings is 1. The van der Waals surface area contributed by atoms with Crippen molar-refractivity contribution in [1.29, 1.82) is 0 Å². The van der Waals surface area contributed by atoms with Crippen LogP contribution in [0.3, 0.4) is 0 Å². The second-order valence-corrected chi connectivity index (χ2v) is 19.5. The Morgan fingerprint density at radius 1 is 0.765 bits per heavy atom. The Labute approximate surface area is 315 Å². The number of hydrogen-bond acceptors (Lipinski definition) is 3. The predicted molar refractivity (Wildman–Crippen MR) is 210 cm³/mol. The molecule has 257 valence electrons. The van der Waals surface area contributed by atoms with Crippen LogP contribution in [0.4, 0.5) is 0 Å². The number of fused-ring (bicyclic) bond motifs is 4. The third-order valence-electron chi connectivity index (χ3n) is 9.89. The van der Waals surface area contributed by atoms with Crippen molar-refractivity contribution in [3.8, 4) is 28.3 Å². The van der Waals surface area contributed by atoms with Gasteiger partial charge in [-0.1, -0.05) is 117 Å². The third kappa shape index (κ3) is 7.27. The number of aromatic nitrogens is 3. The van der Waals surface area contributed by atoms with Crippen LogP contribution in [0.15, 0.2) is 132 Å². The maximum absolute atomic E-state index is 6.08. The van der Waals surface area contributed by atoms with Crippen molar-refractivity contribution in [3.63, 3.8) is 0 Å². The van der Waals surface area contributed by atoms with Crippen molar-refractivity contribution in [2.45, 2.75) is 51.7 Å². The Balaban J connectivity index is 0.000000161. The van der Waals surface area contributed by atoms with Gasteiger partial charge < -0.3 is 14.0 Å². The zero-order valence-corrected chi connectivity index (χ0v) is 32.7. The van der Waals surface area contributed by atoms with Crippen LogP contribution < -0.4 is 5.19 Å². The quantitative estimate of drug-likeness (QED) is 0.124. The van der Waals surface area contributed by atoms with Crippen molar-refractivity contribution in [2.75, 3.05) is 0 Å². The largest absolute Gasteiger partial charge is 0.476 e. The molecule has 1 fully saturated rings. The number of hydrogen-bond donors (Lipinski definition) is 0. The number of benzene rings is 5. The Morgan fingerprint density at radius 2 is 1.51 bits per heavy atom. The van der Waals surface area contributed by atoms with Crippen LogP contribution in [0.2, 0.25) is 19.6 Å². The number of para-hydroxylation sites is 4. The summed E-state index contributed by atoms with van der Waals surface area (Å²) in [5.74, 6) is 1.74. The van der Waals surface area contributed by atoms with Crippen LogP contribution in [-0.4, -0.2) is 22.6 Å². The van der Waals surface area contributed by atoms with Crippen LogP contribution in [0.5, 0.6) is 0 Å². The molecule has 51 heavy (non-hydrogen) atoms. The van der Waals surface area contributed by atoms with Gasteiger partial charge in [0.2, 0.25) is 0 Å².